The van der Waals surface area contributed by atoms with Gasteiger partial charge < -0.3 is 19.5 Å². The van der Waals surface area contributed by atoms with Crippen molar-refractivity contribution >= 4 is 12.1 Å². The summed E-state index contributed by atoms with van der Waals surface area (Å²) >= 11 is 0. The second-order valence-corrected chi connectivity index (χ2v) is 7.04. The summed E-state index contributed by atoms with van der Waals surface area (Å²) in [5.74, 6) is 0.289. The van der Waals surface area contributed by atoms with Gasteiger partial charge in [0.2, 0.25) is 0 Å². The minimum absolute atomic E-state index is 0.354. The molecule has 1 aromatic carbocycles. The van der Waals surface area contributed by atoms with Gasteiger partial charge >= 0.3 is 12.1 Å². The zero-order valence-corrected chi connectivity index (χ0v) is 14.6. The molecule has 2 rings (SSSR count). The fraction of sp³-hybridized carbons (Fsp3) is 0.556. The first kappa shape index (κ1) is 18.1. The second-order valence-electron chi connectivity index (χ2n) is 7.04. The van der Waals surface area contributed by atoms with E-state index < -0.39 is 17.6 Å². The number of hydrogen-bond acceptors (Lipinski definition) is 4. The van der Waals surface area contributed by atoms with Gasteiger partial charge in [-0.05, 0) is 51.3 Å². The van der Waals surface area contributed by atoms with Gasteiger partial charge in [0.05, 0.1) is 18.6 Å². The number of rotatable bonds is 4. The molecule has 1 heterocycles. The number of benzene rings is 1. The third-order valence-electron chi connectivity index (χ3n) is 4.16. The summed E-state index contributed by atoms with van der Waals surface area (Å²) in [5.41, 5.74) is 0.0779. The van der Waals surface area contributed by atoms with Crippen molar-refractivity contribution < 1.29 is 24.2 Å². The maximum Gasteiger partial charge on any atom is 0.407 e. The molecular formula is C18H25NO5. The molecule has 1 aromatic rings. The van der Waals surface area contributed by atoms with Gasteiger partial charge in [-0.25, -0.2) is 4.79 Å². The molecular weight excluding hydrogens is 310 g/mol. The van der Waals surface area contributed by atoms with Crippen LogP contribution in [-0.2, 0) is 9.53 Å². The van der Waals surface area contributed by atoms with E-state index in [0.29, 0.717) is 18.7 Å². The lowest BCUT2D eigenvalue weighted by Crippen LogP contribution is -2.41. The van der Waals surface area contributed by atoms with Crippen LogP contribution in [0, 0.1) is 5.41 Å². The van der Waals surface area contributed by atoms with Crippen molar-refractivity contribution in [3.63, 3.8) is 0 Å². The van der Waals surface area contributed by atoms with Crippen LogP contribution in [0.3, 0.4) is 0 Å². The fourth-order valence-electron chi connectivity index (χ4n) is 2.82. The number of nitrogens with zero attached hydrogens (tertiary/aromatic N) is 1. The number of esters is 1. The number of carbonyl (C=O) groups excluding carboxylic acids is 1. The molecule has 1 saturated heterocycles. The number of amides is 1. The highest BCUT2D eigenvalue weighted by Gasteiger charge is 2.39. The van der Waals surface area contributed by atoms with Crippen molar-refractivity contribution in [1.82, 2.24) is 4.90 Å². The molecule has 0 saturated carbocycles. The van der Waals surface area contributed by atoms with E-state index in [-0.39, 0.29) is 12.0 Å². The van der Waals surface area contributed by atoms with Crippen LogP contribution in [0.25, 0.3) is 0 Å². The Morgan fingerprint density at radius 2 is 2.04 bits per heavy atom. The SMILES string of the molecule is COc1cccc([C@H](OC(=O)C(C)(C)C)[C@@H]2CCCN2C(=O)O)c1. The van der Waals surface area contributed by atoms with Crippen LogP contribution in [0.1, 0.15) is 45.3 Å². The Kier molecular flexibility index (Phi) is 5.36. The number of likely N-dealkylation sites (tertiary alicyclic amines) is 1. The van der Waals surface area contributed by atoms with E-state index in [0.717, 1.165) is 12.0 Å². The van der Waals surface area contributed by atoms with Crippen molar-refractivity contribution in [1.29, 1.82) is 0 Å². The van der Waals surface area contributed by atoms with E-state index in [2.05, 4.69) is 0 Å². The Bertz CT molecular complexity index is 608. The first-order valence-electron chi connectivity index (χ1n) is 8.08. The van der Waals surface area contributed by atoms with E-state index in [1.165, 1.54) is 4.90 Å². The van der Waals surface area contributed by atoms with Crippen LogP contribution in [0.2, 0.25) is 0 Å². The van der Waals surface area contributed by atoms with Crippen molar-refractivity contribution in [2.45, 2.75) is 45.8 Å². The average Bonchev–Trinajstić information content (AvgIpc) is 3.01. The molecule has 1 N–H and O–H groups in total. The summed E-state index contributed by atoms with van der Waals surface area (Å²) in [6.45, 7) is 5.79. The highest BCUT2D eigenvalue weighted by Crippen LogP contribution is 2.35. The molecule has 6 heteroatoms. The lowest BCUT2D eigenvalue weighted by Gasteiger charge is -2.32. The molecule has 1 amide bonds. The fourth-order valence-corrected chi connectivity index (χ4v) is 2.82. The quantitative estimate of drug-likeness (QED) is 0.853. The Labute approximate surface area is 142 Å². The average molecular weight is 335 g/mol. The lowest BCUT2D eigenvalue weighted by atomic mass is 9.95. The molecule has 2 atom stereocenters. The summed E-state index contributed by atoms with van der Waals surface area (Å²) in [5, 5.41) is 9.43. The van der Waals surface area contributed by atoms with Crippen LogP contribution in [-0.4, -0.2) is 41.8 Å². The second kappa shape index (κ2) is 7.11. The molecule has 1 aliphatic heterocycles. The van der Waals surface area contributed by atoms with Crippen LogP contribution in [0.15, 0.2) is 24.3 Å². The van der Waals surface area contributed by atoms with E-state index >= 15 is 0 Å². The summed E-state index contributed by atoms with van der Waals surface area (Å²) < 4.78 is 11.0. The lowest BCUT2D eigenvalue weighted by molar-refractivity contribution is -0.162. The largest absolute Gasteiger partial charge is 0.497 e. The molecule has 6 nitrogen and oxygen atoms in total. The predicted molar refractivity (Wildman–Crippen MR) is 89.0 cm³/mol. The third-order valence-corrected chi connectivity index (χ3v) is 4.16. The van der Waals surface area contributed by atoms with Crippen LogP contribution in [0.4, 0.5) is 4.79 Å². The maximum absolute atomic E-state index is 12.4. The zero-order valence-electron chi connectivity index (χ0n) is 14.6. The number of carbonyl (C=O) groups is 2. The molecule has 1 aliphatic rings. The maximum atomic E-state index is 12.4. The first-order chi connectivity index (χ1) is 11.2. The summed E-state index contributed by atoms with van der Waals surface area (Å²) in [7, 11) is 1.56. The summed E-state index contributed by atoms with van der Waals surface area (Å²) in [6.07, 6.45) is -0.224. The molecule has 0 bridgehead atoms. The van der Waals surface area contributed by atoms with Gasteiger partial charge in [0, 0.05) is 6.54 Å². The zero-order chi connectivity index (χ0) is 17.9. The van der Waals surface area contributed by atoms with Gasteiger partial charge in [0.1, 0.15) is 11.9 Å². The minimum Gasteiger partial charge on any atom is -0.497 e. The third kappa shape index (κ3) is 3.99. The van der Waals surface area contributed by atoms with Crippen molar-refractivity contribution in [2.75, 3.05) is 13.7 Å². The predicted octanol–water partition coefficient (Wildman–Crippen LogP) is 3.47. The molecule has 132 valence electrons. The van der Waals surface area contributed by atoms with Crippen LogP contribution in [0.5, 0.6) is 5.75 Å². The minimum atomic E-state index is -0.989. The molecule has 0 aliphatic carbocycles. The Morgan fingerprint density at radius 3 is 2.62 bits per heavy atom. The van der Waals surface area contributed by atoms with Gasteiger partial charge in [0.25, 0.3) is 0 Å². The standard InChI is InChI=1S/C18H25NO5/c1-18(2,3)16(20)24-15(12-7-5-8-13(11-12)23-4)14-9-6-10-19(14)17(21)22/h5,7-8,11,14-15H,6,9-10H2,1-4H3,(H,21,22)/t14-,15-/m0/s1. The Balaban J connectivity index is 2.37. The van der Waals surface area contributed by atoms with Crippen molar-refractivity contribution in [3.05, 3.63) is 29.8 Å². The normalized spacial score (nSPS) is 19.0. The molecule has 0 spiro atoms. The molecule has 0 unspecified atom stereocenters. The van der Waals surface area contributed by atoms with Gasteiger partial charge in [-0.1, -0.05) is 12.1 Å². The topological polar surface area (TPSA) is 76.1 Å². The van der Waals surface area contributed by atoms with Gasteiger partial charge in [-0.15, -0.1) is 0 Å². The number of ether oxygens (including phenoxy) is 2. The van der Waals surface area contributed by atoms with Crippen molar-refractivity contribution in [2.24, 2.45) is 5.41 Å². The number of methoxy groups -OCH3 is 1. The number of carboxylic acid groups (broad SMARTS) is 1. The van der Waals surface area contributed by atoms with Gasteiger partial charge in [-0.3, -0.25) is 4.79 Å². The Morgan fingerprint density at radius 1 is 1.33 bits per heavy atom. The molecule has 0 radical (unpaired) electrons. The van der Waals surface area contributed by atoms with E-state index in [4.69, 9.17) is 9.47 Å². The molecule has 24 heavy (non-hydrogen) atoms. The first-order valence-corrected chi connectivity index (χ1v) is 8.08. The van der Waals surface area contributed by atoms with E-state index in [1.54, 1.807) is 40.0 Å². The van der Waals surface area contributed by atoms with Gasteiger partial charge in [0.15, 0.2) is 0 Å². The summed E-state index contributed by atoms with van der Waals surface area (Å²) in [6, 6.07) is 6.85. The highest BCUT2D eigenvalue weighted by atomic mass is 16.5. The molecule has 1 fully saturated rings. The van der Waals surface area contributed by atoms with Crippen LogP contribution < -0.4 is 4.74 Å². The van der Waals surface area contributed by atoms with E-state index in [1.807, 2.05) is 12.1 Å². The smallest absolute Gasteiger partial charge is 0.407 e. The Hall–Kier alpha value is -2.24. The monoisotopic (exact) mass is 335 g/mol. The number of hydrogen-bond donors (Lipinski definition) is 1. The molecule has 0 aromatic heterocycles. The summed E-state index contributed by atoms with van der Waals surface area (Å²) in [4.78, 5) is 25.3. The van der Waals surface area contributed by atoms with E-state index in [9.17, 15) is 14.7 Å². The van der Waals surface area contributed by atoms with Crippen molar-refractivity contribution in [3.8, 4) is 5.75 Å². The van der Waals surface area contributed by atoms with Crippen LogP contribution >= 0.6 is 0 Å². The van der Waals surface area contributed by atoms with Gasteiger partial charge in [-0.2, -0.15) is 0 Å². The highest BCUT2D eigenvalue weighted by molar-refractivity contribution is 5.76.